The second-order valence-corrected chi connectivity index (χ2v) is 6.36. The number of rotatable bonds is 3. The lowest BCUT2D eigenvalue weighted by molar-refractivity contribution is 0.702. The van der Waals surface area contributed by atoms with Crippen LogP contribution in [0.2, 0.25) is 0 Å². The number of aromatic amines is 2. The fourth-order valence-electron chi connectivity index (χ4n) is 3.35. The molecule has 0 aliphatic carbocycles. The van der Waals surface area contributed by atoms with Crippen molar-refractivity contribution in [3.05, 3.63) is 46.4 Å². The van der Waals surface area contributed by atoms with Crippen molar-refractivity contribution in [1.82, 2.24) is 20.2 Å². The van der Waals surface area contributed by atoms with Crippen LogP contribution in [-0.2, 0) is 0 Å². The van der Waals surface area contributed by atoms with E-state index in [9.17, 15) is 4.79 Å². The average Bonchev–Trinajstić information content (AvgIpc) is 3.24. The highest BCUT2D eigenvalue weighted by molar-refractivity contribution is 5.73. The van der Waals surface area contributed by atoms with Crippen molar-refractivity contribution < 1.29 is 0 Å². The van der Waals surface area contributed by atoms with Crippen LogP contribution in [0.4, 0.5) is 11.6 Å². The van der Waals surface area contributed by atoms with Crippen LogP contribution in [0.25, 0.3) is 11.0 Å². The summed E-state index contributed by atoms with van der Waals surface area (Å²) in [4.78, 5) is 23.9. The van der Waals surface area contributed by atoms with Gasteiger partial charge >= 0.3 is 0 Å². The molecule has 0 bridgehead atoms. The zero-order valence-electron chi connectivity index (χ0n) is 13.8. The van der Waals surface area contributed by atoms with Crippen LogP contribution in [0.1, 0.15) is 24.4 Å². The van der Waals surface area contributed by atoms with Crippen molar-refractivity contribution in [3.8, 4) is 0 Å². The molecule has 1 atom stereocenters. The third-order valence-electron chi connectivity index (χ3n) is 4.60. The van der Waals surface area contributed by atoms with Crippen LogP contribution >= 0.6 is 0 Å². The van der Waals surface area contributed by atoms with E-state index in [1.807, 2.05) is 14.1 Å². The number of nitrogens with zero attached hydrogens (tertiary/aromatic N) is 4. The van der Waals surface area contributed by atoms with Crippen molar-refractivity contribution in [1.29, 1.82) is 0 Å². The molecule has 4 rings (SSSR count). The first kappa shape index (κ1) is 14.7. The van der Waals surface area contributed by atoms with Crippen LogP contribution in [0, 0.1) is 0 Å². The van der Waals surface area contributed by atoms with E-state index < -0.39 is 0 Å². The summed E-state index contributed by atoms with van der Waals surface area (Å²) in [6.45, 7) is 0.874. The van der Waals surface area contributed by atoms with E-state index in [0.717, 1.165) is 19.4 Å². The first-order valence-corrected chi connectivity index (χ1v) is 8.11. The van der Waals surface area contributed by atoms with Gasteiger partial charge in [-0.2, -0.15) is 10.1 Å². The summed E-state index contributed by atoms with van der Waals surface area (Å²) >= 11 is 0. The molecule has 1 unspecified atom stereocenters. The van der Waals surface area contributed by atoms with Crippen LogP contribution in [-0.4, -0.2) is 40.8 Å². The monoisotopic (exact) mass is 324 g/mol. The topological polar surface area (TPSA) is 80.9 Å². The summed E-state index contributed by atoms with van der Waals surface area (Å²) < 4.78 is 0. The second-order valence-electron chi connectivity index (χ2n) is 6.36. The first-order chi connectivity index (χ1) is 11.6. The van der Waals surface area contributed by atoms with E-state index in [-0.39, 0.29) is 11.6 Å². The Morgan fingerprint density at radius 1 is 1.33 bits per heavy atom. The Bertz CT molecular complexity index is 928. The van der Waals surface area contributed by atoms with Gasteiger partial charge in [-0.3, -0.25) is 14.9 Å². The van der Waals surface area contributed by atoms with Gasteiger partial charge < -0.3 is 9.80 Å². The van der Waals surface area contributed by atoms with E-state index >= 15 is 0 Å². The Labute approximate surface area is 139 Å². The third-order valence-corrected chi connectivity index (χ3v) is 4.60. The number of anilines is 2. The van der Waals surface area contributed by atoms with E-state index in [4.69, 9.17) is 0 Å². The lowest BCUT2D eigenvalue weighted by Gasteiger charge is -2.26. The number of hydrogen-bond donors (Lipinski definition) is 2. The maximum atomic E-state index is 12.2. The number of nitrogens with one attached hydrogen (secondary N) is 2. The molecule has 1 saturated heterocycles. The van der Waals surface area contributed by atoms with Crippen LogP contribution < -0.4 is 15.4 Å². The molecule has 0 radical (unpaired) electrons. The predicted molar refractivity (Wildman–Crippen MR) is 94.6 cm³/mol. The first-order valence-electron chi connectivity index (χ1n) is 8.11. The smallest absolute Gasteiger partial charge is 0.263 e. The van der Waals surface area contributed by atoms with Crippen LogP contribution in [0.3, 0.4) is 0 Å². The van der Waals surface area contributed by atoms with Gasteiger partial charge in [0.25, 0.3) is 5.56 Å². The number of aromatic nitrogens is 4. The average molecular weight is 324 g/mol. The molecule has 3 aromatic rings. The SMILES string of the molecule is CN(C)c1cccc(C2CCCN2c2nc3[nH]ncc3c(=O)[nH]2)c1. The lowest BCUT2D eigenvalue weighted by atomic mass is 10.0. The predicted octanol–water partition coefficient (Wildman–Crippen LogP) is 2.05. The molecule has 124 valence electrons. The molecule has 0 amide bonds. The molecule has 1 aliphatic rings. The van der Waals surface area contributed by atoms with Gasteiger partial charge in [0.1, 0.15) is 5.39 Å². The fraction of sp³-hybridized carbons (Fsp3) is 0.353. The normalized spacial score (nSPS) is 17.6. The number of H-pyrrole nitrogens is 2. The standard InChI is InChI=1S/C17H20N6O/c1-22(2)12-6-3-5-11(9-12)14-7-4-8-23(14)17-19-15-13(10-18-21-15)16(24)20-17/h3,5-6,9-10,14H,4,7-8H2,1-2H3,(H2,18,19,20,21,24). The molecule has 2 N–H and O–H groups in total. The molecule has 7 nitrogen and oxygen atoms in total. The minimum absolute atomic E-state index is 0.156. The van der Waals surface area contributed by atoms with E-state index in [0.29, 0.717) is 17.0 Å². The van der Waals surface area contributed by atoms with Gasteiger partial charge in [0.05, 0.1) is 12.2 Å². The molecule has 2 aromatic heterocycles. The molecular weight excluding hydrogens is 304 g/mol. The zero-order chi connectivity index (χ0) is 16.7. The number of fused-ring (bicyclic) bond motifs is 1. The van der Waals surface area contributed by atoms with Crippen molar-refractivity contribution in [2.75, 3.05) is 30.4 Å². The maximum Gasteiger partial charge on any atom is 0.263 e. The Morgan fingerprint density at radius 2 is 2.21 bits per heavy atom. The second kappa shape index (κ2) is 5.67. The van der Waals surface area contributed by atoms with Gasteiger partial charge in [0.2, 0.25) is 5.95 Å². The summed E-state index contributed by atoms with van der Waals surface area (Å²) in [6, 6.07) is 8.74. The van der Waals surface area contributed by atoms with Gasteiger partial charge in [0, 0.05) is 26.3 Å². The zero-order valence-corrected chi connectivity index (χ0v) is 13.8. The Kier molecular flexibility index (Phi) is 3.48. The quantitative estimate of drug-likeness (QED) is 0.771. The highest BCUT2D eigenvalue weighted by Gasteiger charge is 2.28. The fourth-order valence-corrected chi connectivity index (χ4v) is 3.35. The Hall–Kier alpha value is -2.83. The highest BCUT2D eigenvalue weighted by atomic mass is 16.1. The molecule has 24 heavy (non-hydrogen) atoms. The largest absolute Gasteiger partial charge is 0.378 e. The van der Waals surface area contributed by atoms with Gasteiger partial charge in [-0.25, -0.2) is 0 Å². The van der Waals surface area contributed by atoms with Gasteiger partial charge in [0.15, 0.2) is 5.65 Å². The summed E-state index contributed by atoms with van der Waals surface area (Å²) in [5.41, 5.74) is 2.79. The van der Waals surface area contributed by atoms with Crippen LogP contribution in [0.5, 0.6) is 0 Å². The van der Waals surface area contributed by atoms with Crippen molar-refractivity contribution in [3.63, 3.8) is 0 Å². The van der Waals surface area contributed by atoms with Crippen molar-refractivity contribution in [2.45, 2.75) is 18.9 Å². The molecule has 0 saturated carbocycles. The molecule has 3 heterocycles. The molecule has 1 aliphatic heterocycles. The summed E-state index contributed by atoms with van der Waals surface area (Å²) in [6.07, 6.45) is 3.62. The van der Waals surface area contributed by atoms with E-state index in [2.05, 4.69) is 54.2 Å². The van der Waals surface area contributed by atoms with Gasteiger partial charge in [-0.1, -0.05) is 12.1 Å². The highest BCUT2D eigenvalue weighted by Crippen LogP contribution is 2.35. The van der Waals surface area contributed by atoms with E-state index in [1.54, 1.807) is 0 Å². The maximum absolute atomic E-state index is 12.2. The minimum atomic E-state index is -0.156. The summed E-state index contributed by atoms with van der Waals surface area (Å²) in [7, 11) is 4.08. The Morgan fingerprint density at radius 3 is 3.04 bits per heavy atom. The van der Waals surface area contributed by atoms with Crippen LogP contribution in [0.15, 0.2) is 35.3 Å². The van der Waals surface area contributed by atoms with Gasteiger partial charge in [-0.15, -0.1) is 0 Å². The van der Waals surface area contributed by atoms with Crippen molar-refractivity contribution >= 4 is 22.7 Å². The number of hydrogen-bond acceptors (Lipinski definition) is 5. The molecule has 0 spiro atoms. The summed E-state index contributed by atoms with van der Waals surface area (Å²) in [5, 5.41) is 7.18. The minimum Gasteiger partial charge on any atom is -0.378 e. The molecule has 1 fully saturated rings. The molecule has 7 heteroatoms. The number of benzene rings is 1. The lowest BCUT2D eigenvalue weighted by Crippen LogP contribution is -2.27. The van der Waals surface area contributed by atoms with Gasteiger partial charge in [-0.05, 0) is 30.5 Å². The Balaban J connectivity index is 1.74. The molecular formula is C17H20N6O. The van der Waals surface area contributed by atoms with E-state index in [1.165, 1.54) is 17.4 Å². The molecule has 1 aromatic carbocycles. The van der Waals surface area contributed by atoms with Crippen molar-refractivity contribution in [2.24, 2.45) is 0 Å². The third kappa shape index (κ3) is 2.42. The summed E-state index contributed by atoms with van der Waals surface area (Å²) in [5.74, 6) is 0.606.